The number of benzene rings is 1. The molecule has 0 aliphatic heterocycles. The molecule has 1 heterocycles. The molecule has 0 fully saturated rings. The van der Waals surface area contributed by atoms with Gasteiger partial charge in [-0.2, -0.15) is 0 Å². The van der Waals surface area contributed by atoms with Crippen LogP contribution in [-0.4, -0.2) is 26.0 Å². The third-order valence-electron chi connectivity index (χ3n) is 3.31. The van der Waals surface area contributed by atoms with Crippen molar-refractivity contribution in [1.82, 2.24) is 9.55 Å². The fourth-order valence-corrected chi connectivity index (χ4v) is 2.52. The number of aromatic nitrogens is 2. The lowest BCUT2D eigenvalue weighted by atomic mass is 10.2. The van der Waals surface area contributed by atoms with Crippen LogP contribution in [0.2, 0.25) is 0 Å². The van der Waals surface area contributed by atoms with Crippen molar-refractivity contribution >= 4 is 24.1 Å². The maximum Gasteiger partial charge on any atom is 0.395 e. The van der Waals surface area contributed by atoms with Crippen LogP contribution < -0.4 is 4.74 Å². The summed E-state index contributed by atoms with van der Waals surface area (Å²) < 4.78 is 6.89. The van der Waals surface area contributed by atoms with Crippen LogP contribution in [0.5, 0.6) is 5.75 Å². The summed E-state index contributed by atoms with van der Waals surface area (Å²) in [7, 11) is 0. The molecule has 1 aromatic carbocycles. The highest BCUT2D eigenvalue weighted by atomic mass is 32.1. The number of aryl methyl sites for hydroxylation is 1. The Balaban J connectivity index is 2.36. The van der Waals surface area contributed by atoms with Crippen molar-refractivity contribution in [2.24, 2.45) is 0 Å². The molecule has 0 unspecified atom stereocenters. The average molecular weight is 352 g/mol. The quantitative estimate of drug-likeness (QED) is 0.465. The van der Waals surface area contributed by atoms with Gasteiger partial charge in [0.2, 0.25) is 5.82 Å². The Kier molecular flexibility index (Phi) is 5.39. The molecule has 2 aromatic rings. The van der Waals surface area contributed by atoms with E-state index < -0.39 is 9.85 Å². The highest BCUT2D eigenvalue weighted by Gasteiger charge is 2.23. The average Bonchev–Trinajstić information content (AvgIpc) is 2.81. The molecule has 0 aliphatic carbocycles. The minimum absolute atomic E-state index is 0.103. The van der Waals surface area contributed by atoms with E-state index in [1.807, 2.05) is 6.92 Å². The van der Waals surface area contributed by atoms with E-state index in [9.17, 15) is 20.2 Å². The molecular formula is C14H16N4O5S. The van der Waals surface area contributed by atoms with Crippen LogP contribution in [0.4, 0.5) is 11.5 Å². The topological polar surface area (TPSA) is 113 Å². The molecule has 1 aromatic heterocycles. The maximum absolute atomic E-state index is 11.2. The number of hydrogen-bond donors (Lipinski definition) is 1. The van der Waals surface area contributed by atoms with E-state index in [0.717, 1.165) is 6.42 Å². The monoisotopic (exact) mass is 352 g/mol. The molecule has 0 saturated heterocycles. The molecule has 24 heavy (non-hydrogen) atoms. The first-order valence-corrected chi connectivity index (χ1v) is 7.60. The van der Waals surface area contributed by atoms with Crippen molar-refractivity contribution < 1.29 is 14.6 Å². The summed E-state index contributed by atoms with van der Waals surface area (Å²) in [6, 6.07) is 4.60. The van der Waals surface area contributed by atoms with Crippen LogP contribution in [0.25, 0.3) is 0 Å². The predicted octanol–water partition coefficient (Wildman–Crippen LogP) is 3.13. The summed E-state index contributed by atoms with van der Waals surface area (Å²) in [6.45, 7) is 4.08. The maximum atomic E-state index is 11.2. The van der Waals surface area contributed by atoms with Gasteiger partial charge in [-0.1, -0.05) is 13.0 Å². The molecule has 0 N–H and O–H groups in total. The van der Waals surface area contributed by atoms with E-state index in [2.05, 4.69) is 17.6 Å². The molecule has 128 valence electrons. The van der Waals surface area contributed by atoms with Gasteiger partial charge in [0.15, 0.2) is 10.8 Å². The van der Waals surface area contributed by atoms with Crippen LogP contribution in [0, 0.1) is 27.2 Å². The fourth-order valence-electron chi connectivity index (χ4n) is 2.17. The Bertz CT molecular complexity index is 790. The molecule has 9 nitrogen and oxygen atoms in total. The number of ether oxygens (including phenoxy) is 1. The number of thiol groups is 1. The molecule has 0 saturated carbocycles. The van der Waals surface area contributed by atoms with Crippen molar-refractivity contribution in [1.29, 1.82) is 0 Å². The second-order valence-electron chi connectivity index (χ2n) is 5.06. The third kappa shape index (κ3) is 3.65. The number of nitrogens with zero attached hydrogens (tertiary/aromatic N) is 4. The van der Waals surface area contributed by atoms with E-state index in [-0.39, 0.29) is 28.8 Å². The first kappa shape index (κ1) is 17.7. The van der Waals surface area contributed by atoms with Gasteiger partial charge in [-0.15, -0.1) is 12.6 Å². The van der Waals surface area contributed by atoms with Crippen molar-refractivity contribution in [3.8, 4) is 5.75 Å². The fraction of sp³-hybridized carbons (Fsp3) is 0.357. The summed E-state index contributed by atoms with van der Waals surface area (Å²) in [5, 5.41) is 22.2. The van der Waals surface area contributed by atoms with Gasteiger partial charge in [-0.25, -0.2) is 0 Å². The summed E-state index contributed by atoms with van der Waals surface area (Å²) in [5.41, 5.74) is 0.449. The molecule has 0 radical (unpaired) electrons. The van der Waals surface area contributed by atoms with E-state index in [1.165, 1.54) is 16.7 Å². The van der Waals surface area contributed by atoms with Crippen LogP contribution >= 0.6 is 12.6 Å². The molecule has 0 amide bonds. The lowest BCUT2D eigenvalue weighted by Gasteiger charge is -2.09. The molecular weight excluding hydrogens is 336 g/mol. The summed E-state index contributed by atoms with van der Waals surface area (Å²) in [4.78, 5) is 24.8. The Morgan fingerprint density at radius 1 is 1.29 bits per heavy atom. The second kappa shape index (κ2) is 7.30. The first-order chi connectivity index (χ1) is 11.3. The Morgan fingerprint density at radius 3 is 2.54 bits per heavy atom. The molecule has 10 heteroatoms. The van der Waals surface area contributed by atoms with E-state index in [4.69, 9.17) is 4.74 Å². The van der Waals surface area contributed by atoms with Crippen LogP contribution in [0.1, 0.15) is 24.7 Å². The zero-order valence-corrected chi connectivity index (χ0v) is 14.0. The highest BCUT2D eigenvalue weighted by Crippen LogP contribution is 2.30. The first-order valence-electron chi connectivity index (χ1n) is 7.15. The van der Waals surface area contributed by atoms with Crippen molar-refractivity contribution in [3.63, 3.8) is 0 Å². The summed E-state index contributed by atoms with van der Waals surface area (Å²) in [5.74, 6) is 0.263. The minimum atomic E-state index is -0.615. The Hall–Kier alpha value is -2.62. The van der Waals surface area contributed by atoms with Crippen LogP contribution in [-0.2, 0) is 6.54 Å². The van der Waals surface area contributed by atoms with Gasteiger partial charge in [0.1, 0.15) is 0 Å². The zero-order valence-electron chi connectivity index (χ0n) is 13.1. The number of hydrogen-bond acceptors (Lipinski definition) is 7. The van der Waals surface area contributed by atoms with Crippen LogP contribution in [0.3, 0.4) is 0 Å². The highest BCUT2D eigenvalue weighted by molar-refractivity contribution is 7.80. The number of nitro benzene ring substituents is 1. The number of nitro groups is 2. The van der Waals surface area contributed by atoms with Gasteiger partial charge >= 0.3 is 11.5 Å². The Labute approximate surface area is 143 Å². The van der Waals surface area contributed by atoms with Gasteiger partial charge in [-0.05, 0) is 28.0 Å². The predicted molar refractivity (Wildman–Crippen MR) is 88.9 cm³/mol. The van der Waals surface area contributed by atoms with Gasteiger partial charge < -0.3 is 14.9 Å². The third-order valence-corrected chi connectivity index (χ3v) is 3.75. The smallest absolute Gasteiger partial charge is 0.395 e. The van der Waals surface area contributed by atoms with E-state index >= 15 is 0 Å². The lowest BCUT2D eigenvalue weighted by Crippen LogP contribution is -2.05. The lowest BCUT2D eigenvalue weighted by molar-refractivity contribution is -0.392. The molecule has 0 bridgehead atoms. The SMILES string of the molecule is CCCOc1ccc(Cn2c(C)nc([N+](=O)[O-])c2S)cc1[N+](=O)[O-]. The van der Waals surface area contributed by atoms with Crippen molar-refractivity contribution in [2.75, 3.05) is 6.61 Å². The van der Waals surface area contributed by atoms with Crippen molar-refractivity contribution in [3.05, 3.63) is 49.8 Å². The normalized spacial score (nSPS) is 10.6. The van der Waals surface area contributed by atoms with E-state index in [1.54, 1.807) is 13.0 Å². The van der Waals surface area contributed by atoms with Gasteiger partial charge in [0.05, 0.1) is 18.1 Å². The molecule has 0 atom stereocenters. The zero-order chi connectivity index (χ0) is 17.9. The molecule has 0 aliphatic rings. The summed E-state index contributed by atoms with van der Waals surface area (Å²) in [6.07, 6.45) is 0.736. The minimum Gasteiger partial charge on any atom is -0.487 e. The van der Waals surface area contributed by atoms with Gasteiger partial charge in [0, 0.05) is 13.0 Å². The summed E-state index contributed by atoms with van der Waals surface area (Å²) >= 11 is 4.14. The molecule has 2 rings (SSSR count). The van der Waals surface area contributed by atoms with Crippen LogP contribution in [0.15, 0.2) is 23.2 Å². The number of rotatable bonds is 7. The molecule has 0 spiro atoms. The standard InChI is InChI=1S/C14H16N4O5S/c1-3-6-23-12-5-4-10(7-11(12)17(19)20)8-16-9(2)15-13(14(16)24)18(21)22/h4-5,7,24H,3,6,8H2,1-2H3. The largest absolute Gasteiger partial charge is 0.487 e. The Morgan fingerprint density at radius 2 is 2.00 bits per heavy atom. The van der Waals surface area contributed by atoms with Crippen molar-refractivity contribution in [2.45, 2.75) is 31.8 Å². The number of imidazole rings is 1. The van der Waals surface area contributed by atoms with Gasteiger partial charge in [-0.3, -0.25) is 14.7 Å². The second-order valence-corrected chi connectivity index (χ2v) is 5.48. The van der Waals surface area contributed by atoms with E-state index in [0.29, 0.717) is 18.0 Å². The van der Waals surface area contributed by atoms with Gasteiger partial charge in [0.25, 0.3) is 0 Å².